The maximum absolute atomic E-state index is 14.1. The fourth-order valence-electron chi connectivity index (χ4n) is 3.32. The highest BCUT2D eigenvalue weighted by atomic mass is 79.9. The zero-order valence-corrected chi connectivity index (χ0v) is 14.4. The third kappa shape index (κ3) is 3.02. The summed E-state index contributed by atoms with van der Waals surface area (Å²) >= 11 is 3.32. The van der Waals surface area contributed by atoms with Gasteiger partial charge in [0.1, 0.15) is 5.82 Å². The van der Waals surface area contributed by atoms with Gasteiger partial charge in [-0.2, -0.15) is 0 Å². The highest BCUT2D eigenvalue weighted by molar-refractivity contribution is 9.10. The van der Waals surface area contributed by atoms with Gasteiger partial charge in [0.15, 0.2) is 0 Å². The summed E-state index contributed by atoms with van der Waals surface area (Å²) < 4.78 is 14.8. The number of hydrogen-bond donors (Lipinski definition) is 2. The molecule has 3 rings (SSSR count). The van der Waals surface area contributed by atoms with Crippen LogP contribution in [0.4, 0.5) is 10.1 Å². The number of fused-ring (bicyclic) bond motifs is 1. The Bertz CT molecular complexity index is 697. The van der Waals surface area contributed by atoms with E-state index in [-0.39, 0.29) is 18.0 Å². The van der Waals surface area contributed by atoms with Crippen LogP contribution in [-0.2, 0) is 14.4 Å². The second-order valence-electron chi connectivity index (χ2n) is 6.05. The van der Waals surface area contributed by atoms with Crippen molar-refractivity contribution in [3.05, 3.63) is 28.0 Å². The van der Waals surface area contributed by atoms with Gasteiger partial charge in [-0.15, -0.1) is 0 Å². The second kappa shape index (κ2) is 6.88. The van der Waals surface area contributed by atoms with Crippen LogP contribution in [0.5, 0.6) is 0 Å². The first kappa shape index (κ1) is 16.9. The van der Waals surface area contributed by atoms with Crippen molar-refractivity contribution in [1.82, 2.24) is 10.2 Å². The molecule has 2 atom stereocenters. The minimum atomic E-state index is -0.808. The van der Waals surface area contributed by atoms with Crippen LogP contribution in [0, 0.1) is 11.7 Å². The zero-order valence-electron chi connectivity index (χ0n) is 12.9. The molecule has 0 spiro atoms. The van der Waals surface area contributed by atoms with Crippen molar-refractivity contribution in [2.75, 3.05) is 31.5 Å². The molecule has 6 nitrogen and oxygen atoms in total. The maximum Gasteiger partial charge on any atom is 0.290 e. The molecule has 2 amide bonds. The van der Waals surface area contributed by atoms with E-state index in [0.717, 1.165) is 6.42 Å². The van der Waals surface area contributed by atoms with Gasteiger partial charge in [0.25, 0.3) is 5.91 Å². The van der Waals surface area contributed by atoms with Crippen LogP contribution in [0.2, 0.25) is 0 Å². The van der Waals surface area contributed by atoms with E-state index in [0.29, 0.717) is 36.2 Å². The molecule has 0 bridgehead atoms. The molecule has 1 saturated heterocycles. The Hall–Kier alpha value is -1.96. The lowest BCUT2D eigenvalue weighted by Crippen LogP contribution is -2.38. The lowest BCUT2D eigenvalue weighted by molar-refractivity contribution is -0.144. The van der Waals surface area contributed by atoms with E-state index < -0.39 is 23.4 Å². The van der Waals surface area contributed by atoms with E-state index in [1.165, 1.54) is 11.0 Å². The normalized spacial score (nSPS) is 22.0. The molecule has 0 aliphatic carbocycles. The summed E-state index contributed by atoms with van der Waals surface area (Å²) in [6.45, 7) is 1.60. The number of halogens is 2. The third-order valence-corrected chi connectivity index (χ3v) is 5.22. The Balaban J connectivity index is 1.72. The predicted octanol–water partition coefficient (Wildman–Crippen LogP) is 1.26. The van der Waals surface area contributed by atoms with Crippen LogP contribution in [0.25, 0.3) is 0 Å². The van der Waals surface area contributed by atoms with Gasteiger partial charge in [-0.3, -0.25) is 14.4 Å². The molecule has 0 saturated carbocycles. The molecule has 0 radical (unpaired) electrons. The van der Waals surface area contributed by atoms with Crippen molar-refractivity contribution in [1.29, 1.82) is 0 Å². The minimum Gasteiger partial charge on any atom is -0.383 e. The van der Waals surface area contributed by atoms with Crippen molar-refractivity contribution in [2.45, 2.75) is 12.3 Å². The smallest absolute Gasteiger partial charge is 0.290 e. The molecule has 128 valence electrons. The average molecular weight is 398 g/mol. The van der Waals surface area contributed by atoms with E-state index >= 15 is 0 Å². The fraction of sp³-hybridized carbons (Fsp3) is 0.438. The Morgan fingerprint density at radius 2 is 2.25 bits per heavy atom. The highest BCUT2D eigenvalue weighted by Gasteiger charge is 2.39. The predicted molar refractivity (Wildman–Crippen MR) is 89.1 cm³/mol. The van der Waals surface area contributed by atoms with Crippen LogP contribution in [0.3, 0.4) is 0 Å². The first-order valence-corrected chi connectivity index (χ1v) is 8.54. The van der Waals surface area contributed by atoms with E-state index in [2.05, 4.69) is 26.6 Å². The van der Waals surface area contributed by atoms with Crippen molar-refractivity contribution in [2.24, 2.45) is 5.92 Å². The van der Waals surface area contributed by atoms with Gasteiger partial charge >= 0.3 is 0 Å². The number of hydrogen-bond acceptors (Lipinski definition) is 4. The lowest BCUT2D eigenvalue weighted by atomic mass is 9.95. The lowest BCUT2D eigenvalue weighted by Gasteiger charge is -2.18. The van der Waals surface area contributed by atoms with Gasteiger partial charge < -0.3 is 15.5 Å². The number of carbonyl (C=O) groups is 3. The molecule has 24 heavy (non-hydrogen) atoms. The van der Waals surface area contributed by atoms with Crippen molar-refractivity contribution in [3.63, 3.8) is 0 Å². The average Bonchev–Trinajstić information content (AvgIpc) is 3.22. The van der Waals surface area contributed by atoms with Gasteiger partial charge in [-0.25, -0.2) is 4.39 Å². The summed E-state index contributed by atoms with van der Waals surface area (Å²) in [5, 5.41) is 5.59. The minimum absolute atomic E-state index is 0.145. The number of anilines is 1. The molecule has 8 heteroatoms. The first-order valence-electron chi connectivity index (χ1n) is 7.74. The Morgan fingerprint density at radius 1 is 1.46 bits per heavy atom. The molecule has 1 aromatic rings. The summed E-state index contributed by atoms with van der Waals surface area (Å²) in [6.07, 6.45) is 1.36. The van der Waals surface area contributed by atoms with Crippen molar-refractivity contribution >= 4 is 39.7 Å². The Kier molecular flexibility index (Phi) is 4.84. The maximum atomic E-state index is 14.1. The van der Waals surface area contributed by atoms with Crippen molar-refractivity contribution < 1.29 is 18.8 Å². The zero-order chi connectivity index (χ0) is 17.3. The van der Waals surface area contributed by atoms with E-state index in [9.17, 15) is 18.8 Å². The molecule has 2 aliphatic heterocycles. The number of nitrogens with one attached hydrogen (secondary N) is 2. The molecule has 1 aromatic carbocycles. The van der Waals surface area contributed by atoms with E-state index in [1.807, 2.05) is 0 Å². The molecule has 1 unspecified atom stereocenters. The third-order valence-electron chi connectivity index (χ3n) is 4.56. The number of likely N-dealkylation sites (tertiary alicyclic amines) is 1. The van der Waals surface area contributed by atoms with Crippen LogP contribution in [0.1, 0.15) is 17.9 Å². The number of benzene rings is 1. The van der Waals surface area contributed by atoms with E-state index in [4.69, 9.17) is 0 Å². The van der Waals surface area contributed by atoms with Crippen LogP contribution in [-0.4, -0.2) is 49.2 Å². The molecule has 2 N–H and O–H groups in total. The number of carbonyl (C=O) groups excluding carboxylic acids is 3. The number of ketones is 1. The number of amides is 2. The summed E-state index contributed by atoms with van der Waals surface area (Å²) in [5.41, 5.74) is 0.789. The Morgan fingerprint density at radius 3 is 3.00 bits per heavy atom. The van der Waals surface area contributed by atoms with Crippen LogP contribution in [0.15, 0.2) is 16.6 Å². The largest absolute Gasteiger partial charge is 0.383 e. The number of nitrogens with zero attached hydrogens (tertiary/aromatic N) is 1. The first-order chi connectivity index (χ1) is 11.5. The van der Waals surface area contributed by atoms with Crippen LogP contribution < -0.4 is 10.6 Å². The second-order valence-corrected chi connectivity index (χ2v) is 6.90. The van der Waals surface area contributed by atoms with Gasteiger partial charge in [0.2, 0.25) is 12.2 Å². The van der Waals surface area contributed by atoms with E-state index in [1.54, 1.807) is 6.07 Å². The molecule has 2 heterocycles. The summed E-state index contributed by atoms with van der Waals surface area (Å²) in [5.74, 6) is -2.33. The van der Waals surface area contributed by atoms with Crippen molar-refractivity contribution in [3.8, 4) is 0 Å². The quantitative estimate of drug-likeness (QED) is 0.579. The van der Waals surface area contributed by atoms with Gasteiger partial charge in [0.05, 0.1) is 11.6 Å². The summed E-state index contributed by atoms with van der Waals surface area (Å²) in [6, 6.07) is 2.86. The summed E-state index contributed by atoms with van der Waals surface area (Å²) in [7, 11) is 0. The Labute approximate surface area is 146 Å². The monoisotopic (exact) mass is 397 g/mol. The topological polar surface area (TPSA) is 78.5 Å². The SMILES string of the molecule is O=CNC[C@H]1CCN(C(=O)C(=O)C2CNc3c(Br)ccc(F)c32)C1. The number of rotatable bonds is 5. The molecular formula is C16H17BrFN3O3. The molecule has 0 aromatic heterocycles. The fourth-order valence-corrected chi connectivity index (χ4v) is 3.81. The van der Waals surface area contributed by atoms with Crippen LogP contribution >= 0.6 is 15.9 Å². The van der Waals surface area contributed by atoms with Gasteiger partial charge in [-0.1, -0.05) is 0 Å². The highest BCUT2D eigenvalue weighted by Crippen LogP contribution is 2.39. The van der Waals surface area contributed by atoms with Gasteiger partial charge in [0, 0.05) is 36.2 Å². The summed E-state index contributed by atoms with van der Waals surface area (Å²) in [4.78, 5) is 36.9. The molecule has 2 aliphatic rings. The molecular weight excluding hydrogens is 381 g/mol. The van der Waals surface area contributed by atoms with Gasteiger partial charge in [-0.05, 0) is 40.4 Å². The standard InChI is InChI=1S/C16H17BrFN3O3/c17-11-1-2-12(18)13-10(6-20-14(11)13)15(23)16(24)21-4-3-9(7-21)5-19-8-22/h1-2,8-10,20H,3-7H2,(H,19,22)/t9-,10?/m1/s1. The number of Topliss-reactive ketones (excluding diaryl/α,β-unsaturated/α-hetero) is 1. The molecule has 1 fully saturated rings.